The highest BCUT2D eigenvalue weighted by Crippen LogP contribution is 2.40. The van der Waals surface area contributed by atoms with Crippen LogP contribution in [0, 0.1) is 0 Å². The number of morpholine rings is 1. The highest BCUT2D eigenvalue weighted by molar-refractivity contribution is 5.93. The Morgan fingerprint density at radius 3 is 2.71 bits per heavy atom. The molecule has 0 aliphatic carbocycles. The number of amides is 1. The lowest BCUT2D eigenvalue weighted by atomic mass is 9.87. The van der Waals surface area contributed by atoms with Gasteiger partial charge in [-0.2, -0.15) is 0 Å². The number of rotatable bonds is 4. The Morgan fingerprint density at radius 2 is 1.92 bits per heavy atom. The van der Waals surface area contributed by atoms with Crippen molar-refractivity contribution in [2.24, 2.45) is 0 Å². The van der Waals surface area contributed by atoms with Gasteiger partial charge in [-0.1, -0.05) is 12.1 Å². The number of anilines is 1. The van der Waals surface area contributed by atoms with Gasteiger partial charge in [0.2, 0.25) is 5.91 Å². The first-order chi connectivity index (χ1) is 18.3. The normalized spacial score (nSPS) is 22.6. The Hall–Kier alpha value is -3.01. The Kier molecular flexibility index (Phi) is 6.62. The summed E-state index contributed by atoms with van der Waals surface area (Å²) >= 11 is 0. The first-order valence-corrected chi connectivity index (χ1v) is 13.9. The van der Waals surface area contributed by atoms with Crippen molar-refractivity contribution in [1.82, 2.24) is 29.7 Å². The number of likely N-dealkylation sites (N-methyl/N-ethyl adjacent to an activating group) is 1. The number of piperazine rings is 1. The van der Waals surface area contributed by atoms with Crippen LogP contribution < -0.4 is 4.90 Å². The molecule has 3 aliphatic rings. The number of hydrogen-bond donors (Lipinski definition) is 1. The van der Waals surface area contributed by atoms with E-state index in [9.17, 15) is 4.79 Å². The van der Waals surface area contributed by atoms with Crippen LogP contribution in [0.1, 0.15) is 32.0 Å². The first kappa shape index (κ1) is 25.3. The summed E-state index contributed by atoms with van der Waals surface area (Å²) < 4.78 is 5.76. The minimum Gasteiger partial charge on any atom is -0.377 e. The summed E-state index contributed by atoms with van der Waals surface area (Å²) in [6.45, 7) is 13.6. The number of hydrogen-bond acceptors (Lipinski definition) is 7. The molecule has 3 aromatic rings. The van der Waals surface area contributed by atoms with Crippen molar-refractivity contribution in [3.63, 3.8) is 0 Å². The Balaban J connectivity index is 1.41. The molecule has 6 rings (SSSR count). The van der Waals surface area contributed by atoms with Gasteiger partial charge in [0.15, 0.2) is 5.82 Å². The summed E-state index contributed by atoms with van der Waals surface area (Å²) in [5, 5.41) is 1.10. The molecule has 1 N–H and O–H groups in total. The van der Waals surface area contributed by atoms with Crippen LogP contribution >= 0.6 is 0 Å². The number of carbonyl (C=O) groups is 1. The number of H-pyrrole nitrogens is 1. The summed E-state index contributed by atoms with van der Waals surface area (Å²) in [5.41, 5.74) is 3.64. The number of benzene rings is 1. The third kappa shape index (κ3) is 4.46. The summed E-state index contributed by atoms with van der Waals surface area (Å²) in [5.74, 6) is 1.89. The number of carbonyl (C=O) groups excluding carboxylic acids is 1. The number of nitrogens with zero attached hydrogens (tertiary/aromatic N) is 6. The molecule has 1 aromatic carbocycles. The molecule has 9 heteroatoms. The van der Waals surface area contributed by atoms with Gasteiger partial charge in [-0.3, -0.25) is 9.69 Å². The van der Waals surface area contributed by atoms with Gasteiger partial charge >= 0.3 is 0 Å². The molecule has 202 valence electrons. The third-order valence-electron chi connectivity index (χ3n) is 8.56. The fourth-order valence-electron chi connectivity index (χ4n) is 6.24. The van der Waals surface area contributed by atoms with Crippen molar-refractivity contribution in [3.05, 3.63) is 41.7 Å². The number of ether oxygens (including phenoxy) is 1. The zero-order valence-corrected chi connectivity index (χ0v) is 23.0. The van der Waals surface area contributed by atoms with E-state index in [-0.39, 0.29) is 11.9 Å². The summed E-state index contributed by atoms with van der Waals surface area (Å²) in [4.78, 5) is 36.5. The molecule has 3 aliphatic heterocycles. The molecule has 2 aromatic heterocycles. The number of fused-ring (bicyclic) bond motifs is 2. The quantitative estimate of drug-likeness (QED) is 0.570. The summed E-state index contributed by atoms with van der Waals surface area (Å²) in [7, 11) is 2.14. The van der Waals surface area contributed by atoms with E-state index in [0.717, 1.165) is 72.7 Å². The molecule has 1 atom stereocenters. The van der Waals surface area contributed by atoms with E-state index in [0.29, 0.717) is 32.1 Å². The fourth-order valence-corrected chi connectivity index (χ4v) is 6.24. The fraction of sp³-hybridized carbons (Fsp3) is 0.552. The zero-order valence-electron chi connectivity index (χ0n) is 23.0. The topological polar surface area (TPSA) is 80.8 Å². The van der Waals surface area contributed by atoms with Gasteiger partial charge in [0.05, 0.1) is 37.0 Å². The van der Waals surface area contributed by atoms with Crippen molar-refractivity contribution >= 4 is 22.6 Å². The van der Waals surface area contributed by atoms with E-state index in [1.807, 2.05) is 17.2 Å². The zero-order chi connectivity index (χ0) is 26.4. The lowest BCUT2D eigenvalue weighted by Gasteiger charge is -2.45. The maximum atomic E-state index is 13.7. The van der Waals surface area contributed by atoms with Crippen LogP contribution in [0.25, 0.3) is 22.3 Å². The van der Waals surface area contributed by atoms with E-state index in [2.05, 4.69) is 65.7 Å². The van der Waals surface area contributed by atoms with Crippen LogP contribution in [0.2, 0.25) is 0 Å². The van der Waals surface area contributed by atoms with E-state index in [1.54, 1.807) is 0 Å². The molecule has 0 spiro atoms. The van der Waals surface area contributed by atoms with Gasteiger partial charge in [-0.25, -0.2) is 9.97 Å². The van der Waals surface area contributed by atoms with E-state index >= 15 is 0 Å². The van der Waals surface area contributed by atoms with Gasteiger partial charge in [0.1, 0.15) is 5.82 Å². The van der Waals surface area contributed by atoms with Crippen LogP contribution in [0.4, 0.5) is 5.82 Å². The van der Waals surface area contributed by atoms with Crippen molar-refractivity contribution in [3.8, 4) is 11.4 Å². The largest absolute Gasteiger partial charge is 0.377 e. The second kappa shape index (κ2) is 9.94. The van der Waals surface area contributed by atoms with Crippen LogP contribution in [-0.4, -0.2) is 108 Å². The predicted molar refractivity (Wildman–Crippen MR) is 149 cm³/mol. The second-order valence-electron chi connectivity index (χ2n) is 11.5. The van der Waals surface area contributed by atoms with Gasteiger partial charge in [-0.05, 0) is 46.4 Å². The molecule has 0 unspecified atom stereocenters. The Labute approximate surface area is 224 Å². The highest BCUT2D eigenvalue weighted by Gasteiger charge is 2.42. The average molecular weight is 518 g/mol. The average Bonchev–Trinajstić information content (AvgIpc) is 3.39. The predicted octanol–water partition coefficient (Wildman–Crippen LogP) is 2.72. The van der Waals surface area contributed by atoms with Gasteiger partial charge in [-0.15, -0.1) is 0 Å². The van der Waals surface area contributed by atoms with Crippen molar-refractivity contribution < 1.29 is 9.53 Å². The molecule has 38 heavy (non-hydrogen) atoms. The second-order valence-corrected chi connectivity index (χ2v) is 11.5. The molecule has 2 saturated heterocycles. The SMILES string of the molecule is C[C@@H]1COCCN1c1nc(-c2cccc3[nH]ccc23)nc2c1CCN(C(=O)CN1CCN(C)CC1)C2(C)C. The van der Waals surface area contributed by atoms with E-state index in [4.69, 9.17) is 14.7 Å². The smallest absolute Gasteiger partial charge is 0.237 e. The third-order valence-corrected chi connectivity index (χ3v) is 8.56. The van der Waals surface area contributed by atoms with Crippen molar-refractivity contribution in [1.29, 1.82) is 0 Å². The molecule has 0 radical (unpaired) electrons. The van der Waals surface area contributed by atoms with Crippen LogP contribution in [0.5, 0.6) is 0 Å². The monoisotopic (exact) mass is 517 g/mol. The Morgan fingerprint density at radius 1 is 1.11 bits per heavy atom. The minimum atomic E-state index is -0.550. The van der Waals surface area contributed by atoms with Gasteiger partial charge in [0.25, 0.3) is 0 Å². The molecule has 5 heterocycles. The number of aromatic nitrogens is 3. The van der Waals surface area contributed by atoms with Gasteiger partial charge < -0.3 is 24.4 Å². The maximum absolute atomic E-state index is 13.7. The molecule has 2 fully saturated rings. The standard InChI is InChI=1S/C29H39N7O2/c1-20-19-38-17-16-35(20)28-23-9-11-36(25(37)18-34-14-12-33(4)13-15-34)29(2,3)26(23)31-27(32-28)22-6-5-7-24-21(22)8-10-30-24/h5-8,10,20,30H,9,11-19H2,1-4H3/t20-/m1/s1. The van der Waals surface area contributed by atoms with Crippen LogP contribution in [0.3, 0.4) is 0 Å². The lowest BCUT2D eigenvalue weighted by Crippen LogP contribution is -2.55. The summed E-state index contributed by atoms with van der Waals surface area (Å²) in [6, 6.07) is 8.52. The van der Waals surface area contributed by atoms with Crippen molar-refractivity contribution in [2.75, 3.05) is 71.0 Å². The van der Waals surface area contributed by atoms with Crippen molar-refractivity contribution in [2.45, 2.75) is 38.8 Å². The molecule has 0 bridgehead atoms. The van der Waals surface area contributed by atoms with Crippen LogP contribution in [-0.2, 0) is 21.5 Å². The Bertz CT molecular complexity index is 1330. The van der Waals surface area contributed by atoms with E-state index in [1.165, 1.54) is 0 Å². The minimum absolute atomic E-state index is 0.180. The van der Waals surface area contributed by atoms with E-state index < -0.39 is 5.54 Å². The van der Waals surface area contributed by atoms with Gasteiger partial charge in [0, 0.05) is 67.5 Å². The molecule has 0 saturated carbocycles. The maximum Gasteiger partial charge on any atom is 0.237 e. The first-order valence-electron chi connectivity index (χ1n) is 13.9. The molecule has 1 amide bonds. The molecular weight excluding hydrogens is 478 g/mol. The number of nitrogens with one attached hydrogen (secondary N) is 1. The number of aromatic amines is 1. The van der Waals surface area contributed by atoms with Crippen LogP contribution in [0.15, 0.2) is 30.5 Å². The molecule has 9 nitrogen and oxygen atoms in total. The lowest BCUT2D eigenvalue weighted by molar-refractivity contribution is -0.139. The highest BCUT2D eigenvalue weighted by atomic mass is 16.5. The molecular formula is C29H39N7O2. The summed E-state index contributed by atoms with van der Waals surface area (Å²) in [6.07, 6.45) is 2.71.